The van der Waals surface area contributed by atoms with Crippen molar-refractivity contribution < 1.29 is 4.39 Å². The number of rotatable bonds is 3. The Labute approximate surface area is 110 Å². The number of hydrogen-bond donors (Lipinski definition) is 1. The van der Waals surface area contributed by atoms with Gasteiger partial charge < -0.3 is 5.32 Å². The number of thioether (sulfide) groups is 1. The number of halogens is 1. The second-order valence-corrected chi connectivity index (χ2v) is 4.74. The largest absolute Gasteiger partial charge is 0.340 e. The minimum absolute atomic E-state index is 0.424. The Balaban J connectivity index is 2.33. The highest BCUT2D eigenvalue weighted by molar-refractivity contribution is 7.98. The van der Waals surface area contributed by atoms with Crippen LogP contribution in [0.2, 0.25) is 0 Å². The molecule has 0 bridgehead atoms. The van der Waals surface area contributed by atoms with Gasteiger partial charge in [0.1, 0.15) is 5.82 Å². The Hall–Kier alpha value is -1.62. The molecule has 0 atom stereocenters. The highest BCUT2D eigenvalue weighted by Crippen LogP contribution is 2.22. The van der Waals surface area contributed by atoms with Gasteiger partial charge in [-0.15, -0.1) is 0 Å². The molecule has 0 aliphatic carbocycles. The number of nitrogens with zero attached hydrogens (tertiary/aromatic N) is 2. The maximum atomic E-state index is 13.6. The summed E-state index contributed by atoms with van der Waals surface area (Å²) in [6, 6.07) is 7.86. The summed E-state index contributed by atoms with van der Waals surface area (Å²) in [6.45, 7) is 3.68. The van der Waals surface area contributed by atoms with Gasteiger partial charge in [-0.1, -0.05) is 29.5 Å². The number of benzene rings is 1. The second-order valence-electron chi connectivity index (χ2n) is 3.97. The molecule has 1 aromatic heterocycles. The zero-order valence-electron chi connectivity index (χ0n) is 10.5. The molecule has 3 nitrogen and oxygen atoms in total. The summed E-state index contributed by atoms with van der Waals surface area (Å²) in [7, 11) is 0. The van der Waals surface area contributed by atoms with Crippen molar-refractivity contribution in [3.63, 3.8) is 0 Å². The van der Waals surface area contributed by atoms with E-state index in [4.69, 9.17) is 0 Å². The average molecular weight is 263 g/mol. The quantitative estimate of drug-likeness (QED) is 0.520. The predicted octanol–water partition coefficient (Wildman–Crippen LogP) is 3.70. The first-order chi connectivity index (χ1) is 8.60. The van der Waals surface area contributed by atoms with Gasteiger partial charge in [0, 0.05) is 11.3 Å². The van der Waals surface area contributed by atoms with E-state index in [1.165, 1.54) is 17.3 Å². The lowest BCUT2D eigenvalue weighted by Gasteiger charge is -2.10. The first-order valence-corrected chi connectivity index (χ1v) is 6.74. The van der Waals surface area contributed by atoms with E-state index in [0.29, 0.717) is 16.5 Å². The first-order valence-electron chi connectivity index (χ1n) is 5.52. The number of hydrogen-bond acceptors (Lipinski definition) is 4. The van der Waals surface area contributed by atoms with Crippen LogP contribution in [0.4, 0.5) is 15.9 Å². The standard InChI is InChI=1S/C13H14FN3S/c1-8-4-6-10(7-5-8)15-12-9(2)11(14)16-13(17-12)18-3/h4-7H,1-3H3,(H,15,16,17). The Morgan fingerprint density at radius 3 is 2.39 bits per heavy atom. The molecule has 0 amide bonds. The van der Waals surface area contributed by atoms with E-state index in [1.54, 1.807) is 6.92 Å². The van der Waals surface area contributed by atoms with Gasteiger partial charge in [-0.3, -0.25) is 0 Å². The summed E-state index contributed by atoms with van der Waals surface area (Å²) in [5.74, 6) is 0.0275. The number of aryl methyl sites for hydroxylation is 1. The third-order valence-corrected chi connectivity index (χ3v) is 3.11. The summed E-state index contributed by atoms with van der Waals surface area (Å²) < 4.78 is 13.6. The molecule has 1 aromatic carbocycles. The van der Waals surface area contributed by atoms with Crippen LogP contribution in [0.3, 0.4) is 0 Å². The molecule has 0 spiro atoms. The molecule has 2 rings (SSSR count). The Bertz CT molecular complexity index is 555. The van der Waals surface area contributed by atoms with Crippen molar-refractivity contribution in [1.82, 2.24) is 9.97 Å². The smallest absolute Gasteiger partial charge is 0.221 e. The molecule has 0 unspecified atom stereocenters. The zero-order chi connectivity index (χ0) is 13.1. The van der Waals surface area contributed by atoms with Crippen LogP contribution in [0.5, 0.6) is 0 Å². The Morgan fingerprint density at radius 1 is 1.11 bits per heavy atom. The third kappa shape index (κ3) is 2.79. The molecule has 0 aliphatic rings. The van der Waals surface area contributed by atoms with Crippen LogP contribution >= 0.6 is 11.8 Å². The van der Waals surface area contributed by atoms with Crippen molar-refractivity contribution in [3.8, 4) is 0 Å². The van der Waals surface area contributed by atoms with E-state index in [1.807, 2.05) is 37.4 Å². The van der Waals surface area contributed by atoms with E-state index in [9.17, 15) is 4.39 Å². The van der Waals surface area contributed by atoms with Crippen LogP contribution in [-0.4, -0.2) is 16.2 Å². The highest BCUT2D eigenvalue weighted by Gasteiger charge is 2.10. The number of aromatic nitrogens is 2. The van der Waals surface area contributed by atoms with Gasteiger partial charge in [0.2, 0.25) is 5.95 Å². The van der Waals surface area contributed by atoms with Crippen molar-refractivity contribution in [2.24, 2.45) is 0 Å². The van der Waals surface area contributed by atoms with E-state index in [0.717, 1.165) is 5.69 Å². The zero-order valence-corrected chi connectivity index (χ0v) is 11.3. The molecule has 0 aliphatic heterocycles. The lowest BCUT2D eigenvalue weighted by Crippen LogP contribution is -2.02. The number of nitrogens with one attached hydrogen (secondary N) is 1. The van der Waals surface area contributed by atoms with Crippen LogP contribution in [0.15, 0.2) is 29.4 Å². The summed E-state index contributed by atoms with van der Waals surface area (Å²) >= 11 is 1.32. The van der Waals surface area contributed by atoms with Gasteiger partial charge >= 0.3 is 0 Å². The van der Waals surface area contributed by atoms with Crippen LogP contribution in [0.25, 0.3) is 0 Å². The normalized spacial score (nSPS) is 10.4. The van der Waals surface area contributed by atoms with Gasteiger partial charge in [0.15, 0.2) is 5.16 Å². The Morgan fingerprint density at radius 2 is 1.78 bits per heavy atom. The number of anilines is 2. The van der Waals surface area contributed by atoms with Crippen LogP contribution in [-0.2, 0) is 0 Å². The summed E-state index contributed by atoms with van der Waals surface area (Å²) in [6.07, 6.45) is 1.82. The molecule has 1 heterocycles. The van der Waals surface area contributed by atoms with Crippen molar-refractivity contribution in [2.45, 2.75) is 19.0 Å². The average Bonchev–Trinajstić information content (AvgIpc) is 2.37. The minimum atomic E-state index is -0.482. The molecule has 94 valence electrons. The minimum Gasteiger partial charge on any atom is -0.340 e. The van der Waals surface area contributed by atoms with Crippen LogP contribution < -0.4 is 5.32 Å². The van der Waals surface area contributed by atoms with Gasteiger partial charge in [-0.2, -0.15) is 9.37 Å². The van der Waals surface area contributed by atoms with Crippen molar-refractivity contribution in [3.05, 3.63) is 41.3 Å². The van der Waals surface area contributed by atoms with Gasteiger partial charge in [-0.25, -0.2) is 4.98 Å². The molecular formula is C13H14FN3S. The fourth-order valence-corrected chi connectivity index (χ4v) is 1.81. The van der Waals surface area contributed by atoms with Crippen molar-refractivity contribution >= 4 is 23.3 Å². The lowest BCUT2D eigenvalue weighted by molar-refractivity contribution is 0.555. The van der Waals surface area contributed by atoms with Crippen LogP contribution in [0.1, 0.15) is 11.1 Å². The fourth-order valence-electron chi connectivity index (χ4n) is 1.46. The van der Waals surface area contributed by atoms with E-state index >= 15 is 0 Å². The summed E-state index contributed by atoms with van der Waals surface area (Å²) in [5.41, 5.74) is 2.48. The highest BCUT2D eigenvalue weighted by atomic mass is 32.2. The van der Waals surface area contributed by atoms with Crippen LogP contribution in [0, 0.1) is 19.8 Å². The molecule has 5 heteroatoms. The monoisotopic (exact) mass is 263 g/mol. The molecule has 0 saturated heterocycles. The van der Waals surface area contributed by atoms with Crippen molar-refractivity contribution in [1.29, 1.82) is 0 Å². The van der Waals surface area contributed by atoms with Crippen molar-refractivity contribution in [2.75, 3.05) is 11.6 Å². The van der Waals surface area contributed by atoms with E-state index in [2.05, 4.69) is 15.3 Å². The molecule has 1 N–H and O–H groups in total. The predicted molar refractivity (Wildman–Crippen MR) is 73.0 cm³/mol. The Kier molecular flexibility index (Phi) is 3.81. The van der Waals surface area contributed by atoms with Gasteiger partial charge in [0.25, 0.3) is 0 Å². The molecule has 0 radical (unpaired) electrons. The summed E-state index contributed by atoms with van der Waals surface area (Å²) in [4.78, 5) is 8.02. The molecule has 18 heavy (non-hydrogen) atoms. The van der Waals surface area contributed by atoms with E-state index in [-0.39, 0.29) is 0 Å². The third-order valence-electron chi connectivity index (χ3n) is 2.56. The molecular weight excluding hydrogens is 249 g/mol. The fraction of sp³-hybridized carbons (Fsp3) is 0.231. The summed E-state index contributed by atoms with van der Waals surface area (Å²) in [5, 5.41) is 3.53. The SMILES string of the molecule is CSc1nc(F)c(C)c(Nc2ccc(C)cc2)n1. The maximum absolute atomic E-state index is 13.6. The maximum Gasteiger partial charge on any atom is 0.221 e. The lowest BCUT2D eigenvalue weighted by atomic mass is 10.2. The molecule has 0 fully saturated rings. The van der Waals surface area contributed by atoms with E-state index < -0.39 is 5.95 Å². The topological polar surface area (TPSA) is 37.8 Å². The first kappa shape index (κ1) is 12.8. The second kappa shape index (κ2) is 5.35. The van der Waals surface area contributed by atoms with Gasteiger partial charge in [-0.05, 0) is 32.2 Å². The molecule has 2 aromatic rings. The molecule has 0 saturated carbocycles. The van der Waals surface area contributed by atoms with Gasteiger partial charge in [0.05, 0.1) is 0 Å².